The van der Waals surface area contributed by atoms with Gasteiger partial charge in [0.15, 0.2) is 0 Å². The number of para-hydroxylation sites is 1. The lowest BCUT2D eigenvalue weighted by molar-refractivity contribution is 0.0600. The Morgan fingerprint density at radius 2 is 2.08 bits per heavy atom. The van der Waals surface area contributed by atoms with E-state index in [1.165, 1.54) is 13.3 Å². The molecule has 0 aliphatic heterocycles. The van der Waals surface area contributed by atoms with Crippen LogP contribution in [0.3, 0.4) is 0 Å². The van der Waals surface area contributed by atoms with E-state index in [1.807, 2.05) is 12.3 Å². The second-order valence-corrected chi connectivity index (χ2v) is 5.67. The van der Waals surface area contributed by atoms with Crippen molar-refractivity contribution in [3.63, 3.8) is 0 Å². The van der Waals surface area contributed by atoms with Crippen LogP contribution < -0.4 is 10.9 Å². The molecule has 0 atom stereocenters. The Morgan fingerprint density at radius 1 is 1.27 bits per heavy atom. The van der Waals surface area contributed by atoms with Crippen LogP contribution in [0.4, 0.5) is 5.69 Å². The van der Waals surface area contributed by atoms with E-state index in [1.54, 1.807) is 35.1 Å². The molecular formula is C17H16ClN5O3. The van der Waals surface area contributed by atoms with Gasteiger partial charge >= 0.3 is 5.97 Å². The third-order valence-corrected chi connectivity index (χ3v) is 4.04. The summed E-state index contributed by atoms with van der Waals surface area (Å²) < 4.78 is 7.57. The number of methoxy groups -OCH3 is 1. The zero-order valence-electron chi connectivity index (χ0n) is 13.9. The third-order valence-electron chi connectivity index (χ3n) is 3.67. The molecule has 0 amide bonds. The SMILES string of the molecule is COC(=O)c1ccccc1-n1ncc(NCCn2cccn2)c(Cl)c1=O. The third kappa shape index (κ3) is 3.60. The van der Waals surface area contributed by atoms with E-state index in [0.717, 1.165) is 4.68 Å². The van der Waals surface area contributed by atoms with E-state index in [0.29, 0.717) is 24.5 Å². The standard InChI is InChI=1S/C17H16ClN5O3/c1-26-17(25)12-5-2-3-6-14(12)23-16(24)15(18)13(11-21-23)19-8-10-22-9-4-7-20-22/h2-7,9,11,19H,8,10H2,1H3. The molecule has 134 valence electrons. The maximum absolute atomic E-state index is 12.6. The molecule has 0 aliphatic rings. The summed E-state index contributed by atoms with van der Waals surface area (Å²) in [6.07, 6.45) is 4.97. The van der Waals surface area contributed by atoms with E-state index in [-0.39, 0.29) is 10.6 Å². The topological polar surface area (TPSA) is 91.0 Å². The van der Waals surface area contributed by atoms with Crippen molar-refractivity contribution in [3.05, 3.63) is 69.9 Å². The Bertz CT molecular complexity index is 969. The molecule has 0 unspecified atom stereocenters. The van der Waals surface area contributed by atoms with Crippen molar-refractivity contribution in [3.8, 4) is 5.69 Å². The van der Waals surface area contributed by atoms with Crippen molar-refractivity contribution in [2.45, 2.75) is 6.54 Å². The molecule has 0 bridgehead atoms. The average Bonchev–Trinajstić information content (AvgIpc) is 3.18. The van der Waals surface area contributed by atoms with Gasteiger partial charge in [-0.1, -0.05) is 23.7 Å². The largest absolute Gasteiger partial charge is 0.465 e. The fourth-order valence-corrected chi connectivity index (χ4v) is 2.60. The highest BCUT2D eigenvalue weighted by atomic mass is 35.5. The normalized spacial score (nSPS) is 10.5. The second kappa shape index (κ2) is 7.83. The van der Waals surface area contributed by atoms with Gasteiger partial charge in [-0.15, -0.1) is 0 Å². The van der Waals surface area contributed by atoms with Gasteiger partial charge < -0.3 is 10.1 Å². The number of hydrogen-bond acceptors (Lipinski definition) is 6. The zero-order valence-corrected chi connectivity index (χ0v) is 14.7. The Hall–Kier alpha value is -3.13. The number of rotatable bonds is 6. The van der Waals surface area contributed by atoms with Crippen molar-refractivity contribution in [1.82, 2.24) is 19.6 Å². The molecule has 0 aliphatic carbocycles. The van der Waals surface area contributed by atoms with E-state index >= 15 is 0 Å². The summed E-state index contributed by atoms with van der Waals surface area (Å²) in [6.45, 7) is 1.13. The lowest BCUT2D eigenvalue weighted by Crippen LogP contribution is -2.25. The molecule has 0 fully saturated rings. The number of esters is 1. The van der Waals surface area contributed by atoms with Gasteiger partial charge in [0.2, 0.25) is 0 Å². The van der Waals surface area contributed by atoms with Crippen LogP contribution in [0.15, 0.2) is 53.7 Å². The van der Waals surface area contributed by atoms with Crippen molar-refractivity contribution in [1.29, 1.82) is 0 Å². The molecule has 9 heteroatoms. The predicted molar refractivity (Wildman–Crippen MR) is 96.9 cm³/mol. The van der Waals surface area contributed by atoms with Crippen molar-refractivity contribution in [2.24, 2.45) is 0 Å². The lowest BCUT2D eigenvalue weighted by Gasteiger charge is -2.12. The molecule has 2 heterocycles. The molecule has 2 aromatic heterocycles. The first kappa shape index (κ1) is 17.7. The van der Waals surface area contributed by atoms with Crippen LogP contribution in [0.1, 0.15) is 10.4 Å². The number of ether oxygens (including phenoxy) is 1. The monoisotopic (exact) mass is 373 g/mol. The quantitative estimate of drug-likeness (QED) is 0.664. The van der Waals surface area contributed by atoms with E-state index in [2.05, 4.69) is 15.5 Å². The Labute approximate surface area is 154 Å². The summed E-state index contributed by atoms with van der Waals surface area (Å²) in [5.74, 6) is -0.563. The smallest absolute Gasteiger partial charge is 0.340 e. The van der Waals surface area contributed by atoms with E-state index in [9.17, 15) is 9.59 Å². The van der Waals surface area contributed by atoms with Gasteiger partial charge in [0.1, 0.15) is 5.02 Å². The molecule has 3 rings (SSSR count). The van der Waals surface area contributed by atoms with Crippen LogP contribution in [0, 0.1) is 0 Å². The number of carbonyl (C=O) groups excluding carboxylic acids is 1. The minimum atomic E-state index is -0.563. The van der Waals surface area contributed by atoms with Gasteiger partial charge in [0, 0.05) is 18.9 Å². The van der Waals surface area contributed by atoms with Gasteiger partial charge in [0.05, 0.1) is 36.8 Å². The van der Waals surface area contributed by atoms with Crippen LogP contribution in [-0.2, 0) is 11.3 Å². The fraction of sp³-hybridized carbons (Fsp3) is 0.176. The molecule has 3 aromatic rings. The first-order chi connectivity index (χ1) is 12.6. The highest BCUT2D eigenvalue weighted by Crippen LogP contribution is 2.18. The molecule has 0 spiro atoms. The molecule has 1 aromatic carbocycles. The van der Waals surface area contributed by atoms with Gasteiger partial charge in [-0.25, -0.2) is 4.79 Å². The first-order valence-corrected chi connectivity index (χ1v) is 8.16. The number of hydrogen-bond donors (Lipinski definition) is 1. The van der Waals surface area contributed by atoms with Crippen LogP contribution in [0.5, 0.6) is 0 Å². The Morgan fingerprint density at radius 3 is 2.81 bits per heavy atom. The molecular weight excluding hydrogens is 358 g/mol. The lowest BCUT2D eigenvalue weighted by atomic mass is 10.2. The summed E-state index contributed by atoms with van der Waals surface area (Å²) in [7, 11) is 1.27. The first-order valence-electron chi connectivity index (χ1n) is 7.78. The summed E-state index contributed by atoms with van der Waals surface area (Å²) in [4.78, 5) is 24.5. The number of carbonyl (C=O) groups is 1. The molecule has 0 saturated carbocycles. The average molecular weight is 374 g/mol. The Balaban J connectivity index is 1.86. The van der Waals surface area contributed by atoms with E-state index in [4.69, 9.17) is 16.3 Å². The van der Waals surface area contributed by atoms with Gasteiger partial charge in [-0.05, 0) is 18.2 Å². The van der Waals surface area contributed by atoms with Gasteiger partial charge in [0.25, 0.3) is 5.56 Å². The molecule has 26 heavy (non-hydrogen) atoms. The van der Waals surface area contributed by atoms with Crippen molar-refractivity contribution in [2.75, 3.05) is 19.0 Å². The fourth-order valence-electron chi connectivity index (χ4n) is 2.41. The number of nitrogens with one attached hydrogen (secondary N) is 1. The van der Waals surface area contributed by atoms with Gasteiger partial charge in [-0.3, -0.25) is 9.48 Å². The van der Waals surface area contributed by atoms with Crippen LogP contribution in [0.2, 0.25) is 5.02 Å². The molecule has 0 radical (unpaired) electrons. The predicted octanol–water partition coefficient (Wildman–Crippen LogP) is 1.98. The van der Waals surface area contributed by atoms with Gasteiger partial charge in [-0.2, -0.15) is 14.9 Å². The number of nitrogens with zero attached hydrogens (tertiary/aromatic N) is 4. The van der Waals surface area contributed by atoms with E-state index < -0.39 is 11.5 Å². The Kier molecular flexibility index (Phi) is 5.33. The summed E-state index contributed by atoms with van der Waals surface area (Å²) in [6, 6.07) is 8.35. The van der Waals surface area contributed by atoms with Crippen LogP contribution in [-0.4, -0.2) is 39.2 Å². The number of aromatic nitrogens is 4. The minimum absolute atomic E-state index is 0.0138. The minimum Gasteiger partial charge on any atom is -0.465 e. The van der Waals surface area contributed by atoms with Crippen LogP contribution in [0.25, 0.3) is 5.69 Å². The highest BCUT2D eigenvalue weighted by Gasteiger charge is 2.17. The zero-order chi connectivity index (χ0) is 18.5. The highest BCUT2D eigenvalue weighted by molar-refractivity contribution is 6.32. The molecule has 0 saturated heterocycles. The second-order valence-electron chi connectivity index (χ2n) is 5.29. The van der Waals surface area contributed by atoms with Crippen molar-refractivity contribution < 1.29 is 9.53 Å². The van der Waals surface area contributed by atoms with Crippen molar-refractivity contribution >= 4 is 23.3 Å². The number of benzene rings is 1. The maximum atomic E-state index is 12.6. The number of halogens is 1. The maximum Gasteiger partial charge on any atom is 0.340 e. The summed E-state index contributed by atoms with van der Waals surface area (Å²) in [5.41, 5.74) is 0.400. The summed E-state index contributed by atoms with van der Waals surface area (Å²) >= 11 is 6.20. The molecule has 8 nitrogen and oxygen atoms in total. The summed E-state index contributed by atoms with van der Waals surface area (Å²) in [5, 5.41) is 11.3. The van der Waals surface area contributed by atoms with Crippen LogP contribution >= 0.6 is 11.6 Å². The molecule has 1 N–H and O–H groups in total. The number of anilines is 1.